The fourth-order valence-electron chi connectivity index (χ4n) is 2.94. The van der Waals surface area contributed by atoms with E-state index in [0.29, 0.717) is 13.1 Å². The second-order valence-electron chi connectivity index (χ2n) is 5.52. The van der Waals surface area contributed by atoms with Gasteiger partial charge in [0, 0.05) is 35.8 Å². The molecule has 0 aliphatic carbocycles. The maximum Gasteiger partial charge on any atom is 0.345 e. The van der Waals surface area contributed by atoms with Crippen LogP contribution in [-0.4, -0.2) is 35.6 Å². The van der Waals surface area contributed by atoms with Gasteiger partial charge in [-0.3, -0.25) is 0 Å². The molecule has 22 heavy (non-hydrogen) atoms. The van der Waals surface area contributed by atoms with E-state index in [9.17, 15) is 13.6 Å². The van der Waals surface area contributed by atoms with Gasteiger partial charge >= 0.3 is 5.97 Å². The number of carboxylic acid groups (broad SMARTS) is 1. The number of halogens is 2. The van der Waals surface area contributed by atoms with Crippen molar-refractivity contribution in [3.05, 3.63) is 23.2 Å². The summed E-state index contributed by atoms with van der Waals surface area (Å²) in [5.41, 5.74) is 0. The van der Waals surface area contributed by atoms with Gasteiger partial charge < -0.3 is 10.0 Å². The van der Waals surface area contributed by atoms with Gasteiger partial charge in [-0.1, -0.05) is 0 Å². The van der Waals surface area contributed by atoms with Gasteiger partial charge in [-0.25, -0.2) is 18.6 Å². The Morgan fingerprint density at radius 2 is 2.18 bits per heavy atom. The Balaban J connectivity index is 1.81. The molecule has 7 heteroatoms. The second kappa shape index (κ2) is 6.16. The molecular formula is C15H16F2N2O2S. The second-order valence-corrected chi connectivity index (χ2v) is 6.60. The molecule has 0 bridgehead atoms. The largest absolute Gasteiger partial charge is 0.477 e. The topological polar surface area (TPSA) is 53.4 Å². The molecule has 0 radical (unpaired) electrons. The van der Waals surface area contributed by atoms with Gasteiger partial charge in [0.1, 0.15) is 10.7 Å². The molecule has 1 fully saturated rings. The molecule has 0 saturated carbocycles. The van der Waals surface area contributed by atoms with E-state index in [-0.39, 0.29) is 17.2 Å². The van der Waals surface area contributed by atoms with Crippen LogP contribution in [-0.2, 0) is 0 Å². The molecule has 1 aliphatic heterocycles. The molecule has 0 atom stereocenters. The summed E-state index contributed by atoms with van der Waals surface area (Å²) in [4.78, 5) is 17.9. The Morgan fingerprint density at radius 1 is 1.45 bits per heavy atom. The lowest BCUT2D eigenvalue weighted by Crippen LogP contribution is -2.34. The zero-order chi connectivity index (χ0) is 15.7. The van der Waals surface area contributed by atoms with Crippen LogP contribution in [0.5, 0.6) is 0 Å². The number of rotatable bonds is 4. The first-order valence-electron chi connectivity index (χ1n) is 7.19. The van der Waals surface area contributed by atoms with E-state index in [0.717, 1.165) is 28.7 Å². The summed E-state index contributed by atoms with van der Waals surface area (Å²) < 4.78 is 25.8. The van der Waals surface area contributed by atoms with Crippen molar-refractivity contribution in [1.82, 2.24) is 4.98 Å². The van der Waals surface area contributed by atoms with Gasteiger partial charge in [0.15, 0.2) is 0 Å². The summed E-state index contributed by atoms with van der Waals surface area (Å²) in [6.45, 7) is 1.36. The quantitative estimate of drug-likeness (QED) is 0.927. The van der Waals surface area contributed by atoms with Gasteiger partial charge in [0.25, 0.3) is 0 Å². The van der Waals surface area contributed by atoms with Crippen molar-refractivity contribution in [2.45, 2.75) is 25.7 Å². The number of aromatic carboxylic acids is 1. The Labute approximate surface area is 130 Å². The lowest BCUT2D eigenvalue weighted by Gasteiger charge is -2.33. The van der Waals surface area contributed by atoms with Crippen molar-refractivity contribution < 1.29 is 18.7 Å². The minimum Gasteiger partial charge on any atom is -0.477 e. The van der Waals surface area contributed by atoms with Crippen molar-refractivity contribution in [3.8, 4) is 0 Å². The highest BCUT2D eigenvalue weighted by Gasteiger charge is 2.24. The van der Waals surface area contributed by atoms with Gasteiger partial charge in [-0.05, 0) is 30.9 Å². The monoisotopic (exact) mass is 326 g/mol. The SMILES string of the molecule is O=C(O)c1cc2c(N3CCC(CC(F)F)CC3)nccc2s1. The minimum absolute atomic E-state index is 0.0346. The van der Waals surface area contributed by atoms with Crippen LogP contribution in [0.2, 0.25) is 0 Å². The van der Waals surface area contributed by atoms with Crippen molar-refractivity contribution in [3.63, 3.8) is 0 Å². The maximum absolute atomic E-state index is 12.4. The molecule has 0 amide bonds. The molecule has 3 heterocycles. The minimum atomic E-state index is -2.24. The summed E-state index contributed by atoms with van der Waals surface area (Å²) in [5, 5.41) is 9.94. The van der Waals surface area contributed by atoms with E-state index in [1.165, 1.54) is 11.3 Å². The highest BCUT2D eigenvalue weighted by molar-refractivity contribution is 7.20. The molecule has 1 aliphatic rings. The molecule has 2 aromatic heterocycles. The van der Waals surface area contributed by atoms with Crippen LogP contribution in [0.3, 0.4) is 0 Å². The molecule has 118 valence electrons. The Hall–Kier alpha value is -1.76. The number of anilines is 1. The van der Waals surface area contributed by atoms with Crippen LogP contribution in [0, 0.1) is 5.92 Å². The average molecular weight is 326 g/mol. The molecule has 2 aromatic rings. The van der Waals surface area contributed by atoms with E-state index >= 15 is 0 Å². The van der Waals surface area contributed by atoms with Crippen molar-refractivity contribution in [2.24, 2.45) is 5.92 Å². The van der Waals surface area contributed by atoms with Crippen LogP contribution >= 0.6 is 11.3 Å². The van der Waals surface area contributed by atoms with Crippen LogP contribution in [0.1, 0.15) is 28.9 Å². The van der Waals surface area contributed by atoms with Crippen molar-refractivity contribution in [2.75, 3.05) is 18.0 Å². The lowest BCUT2D eigenvalue weighted by molar-refractivity contribution is 0.0702. The van der Waals surface area contributed by atoms with E-state index in [1.54, 1.807) is 18.3 Å². The summed E-state index contributed by atoms with van der Waals surface area (Å²) in [7, 11) is 0. The summed E-state index contributed by atoms with van der Waals surface area (Å²) in [5.74, 6) is -0.118. The lowest BCUT2D eigenvalue weighted by atomic mass is 9.93. The first-order valence-corrected chi connectivity index (χ1v) is 8.01. The number of carboxylic acids is 1. The number of hydrogen-bond donors (Lipinski definition) is 1. The fraction of sp³-hybridized carbons (Fsp3) is 0.467. The third kappa shape index (κ3) is 3.04. The summed E-state index contributed by atoms with van der Waals surface area (Å²) >= 11 is 1.23. The number of nitrogens with zero attached hydrogens (tertiary/aromatic N) is 2. The van der Waals surface area contributed by atoms with E-state index in [2.05, 4.69) is 9.88 Å². The van der Waals surface area contributed by atoms with E-state index in [1.807, 2.05) is 0 Å². The van der Waals surface area contributed by atoms with Gasteiger partial charge in [0.2, 0.25) is 6.43 Å². The number of thiophene rings is 1. The predicted molar refractivity (Wildman–Crippen MR) is 82.1 cm³/mol. The number of hydrogen-bond acceptors (Lipinski definition) is 4. The van der Waals surface area contributed by atoms with E-state index < -0.39 is 12.4 Å². The number of pyridine rings is 1. The van der Waals surface area contributed by atoms with Crippen LogP contribution < -0.4 is 4.90 Å². The maximum atomic E-state index is 12.4. The summed E-state index contributed by atoms with van der Waals surface area (Å²) in [6, 6.07) is 3.45. The van der Waals surface area contributed by atoms with Crippen molar-refractivity contribution >= 4 is 33.2 Å². The third-order valence-electron chi connectivity index (χ3n) is 4.06. The number of aromatic nitrogens is 1. The number of carbonyl (C=O) groups is 1. The highest BCUT2D eigenvalue weighted by Crippen LogP contribution is 2.34. The highest BCUT2D eigenvalue weighted by atomic mass is 32.1. The molecule has 3 rings (SSSR count). The Morgan fingerprint density at radius 3 is 2.82 bits per heavy atom. The third-order valence-corrected chi connectivity index (χ3v) is 5.15. The molecule has 4 nitrogen and oxygen atoms in total. The summed E-state index contributed by atoms with van der Waals surface area (Å²) in [6.07, 6.45) is 0.836. The molecule has 0 unspecified atom stereocenters. The molecular weight excluding hydrogens is 310 g/mol. The molecule has 1 N–H and O–H groups in total. The first-order chi connectivity index (χ1) is 10.5. The van der Waals surface area contributed by atoms with Gasteiger partial charge in [-0.15, -0.1) is 11.3 Å². The molecule has 0 aromatic carbocycles. The predicted octanol–water partition coefficient (Wildman–Crippen LogP) is 3.87. The zero-order valence-corrected chi connectivity index (χ0v) is 12.7. The smallest absolute Gasteiger partial charge is 0.345 e. The van der Waals surface area contributed by atoms with E-state index in [4.69, 9.17) is 5.11 Å². The molecule has 0 spiro atoms. The Bertz CT molecular complexity index is 681. The zero-order valence-electron chi connectivity index (χ0n) is 11.8. The number of fused-ring (bicyclic) bond motifs is 1. The molecule has 1 saturated heterocycles. The van der Waals surface area contributed by atoms with Gasteiger partial charge in [-0.2, -0.15) is 0 Å². The average Bonchev–Trinajstić information content (AvgIpc) is 2.91. The number of alkyl halides is 2. The fourth-order valence-corrected chi connectivity index (χ4v) is 3.83. The normalized spacial score (nSPS) is 16.6. The van der Waals surface area contributed by atoms with Gasteiger partial charge in [0.05, 0.1) is 0 Å². The first kappa shape index (κ1) is 15.1. The standard InChI is InChI=1S/C15H16F2N2O2S/c16-13(17)7-9-2-5-19(6-3-9)14-10-8-12(15(20)21)22-11(10)1-4-18-14/h1,4,8-9,13H,2-3,5-7H2,(H,20,21). The van der Waals surface area contributed by atoms with Crippen LogP contribution in [0.25, 0.3) is 10.1 Å². The number of piperidine rings is 1. The van der Waals surface area contributed by atoms with Crippen molar-refractivity contribution in [1.29, 1.82) is 0 Å². The van der Waals surface area contributed by atoms with Crippen LogP contribution in [0.4, 0.5) is 14.6 Å². The Kier molecular flexibility index (Phi) is 4.24. The van der Waals surface area contributed by atoms with Crippen LogP contribution in [0.15, 0.2) is 18.3 Å².